The first-order valence-corrected chi connectivity index (χ1v) is 11.1. The first kappa shape index (κ1) is 22.9. The highest BCUT2D eigenvalue weighted by Gasteiger charge is 2.52. The van der Waals surface area contributed by atoms with Crippen LogP contribution in [0.3, 0.4) is 0 Å². The second-order valence-electron chi connectivity index (χ2n) is 8.28. The van der Waals surface area contributed by atoms with Crippen molar-refractivity contribution >= 4 is 29.4 Å². The lowest BCUT2D eigenvalue weighted by atomic mass is 9.74. The van der Waals surface area contributed by atoms with Gasteiger partial charge < -0.3 is 19.7 Å². The summed E-state index contributed by atoms with van der Waals surface area (Å²) in [7, 11) is 3.06. The van der Waals surface area contributed by atoms with E-state index in [-0.39, 0.29) is 24.2 Å². The molecule has 0 spiro atoms. The van der Waals surface area contributed by atoms with Crippen molar-refractivity contribution in [3.8, 4) is 11.5 Å². The van der Waals surface area contributed by atoms with E-state index in [1.165, 1.54) is 7.11 Å². The summed E-state index contributed by atoms with van der Waals surface area (Å²) < 4.78 is 10.6. The Morgan fingerprint density at radius 1 is 1.12 bits per heavy atom. The summed E-state index contributed by atoms with van der Waals surface area (Å²) >= 11 is 6.35. The molecule has 2 aliphatic rings. The molecule has 2 N–H and O–H groups in total. The van der Waals surface area contributed by atoms with Crippen molar-refractivity contribution in [3.63, 3.8) is 0 Å². The number of piperidine rings is 1. The van der Waals surface area contributed by atoms with Gasteiger partial charge in [0.1, 0.15) is 17.0 Å². The number of carbonyl (C=O) groups is 3. The molecule has 174 valence electrons. The van der Waals surface area contributed by atoms with Crippen molar-refractivity contribution in [1.82, 2.24) is 15.5 Å². The van der Waals surface area contributed by atoms with Crippen LogP contribution in [0.25, 0.3) is 0 Å². The molecular formula is C24H26ClN3O5. The van der Waals surface area contributed by atoms with Gasteiger partial charge in [0.2, 0.25) is 0 Å². The summed E-state index contributed by atoms with van der Waals surface area (Å²) in [5, 5.41) is 5.81. The van der Waals surface area contributed by atoms with Crippen molar-refractivity contribution in [2.75, 3.05) is 27.3 Å². The molecule has 4 rings (SSSR count). The standard InChI is InChI=1S/C24H26ClN3O5/c1-32-17-7-8-18(20(13-17)33-2)21(29)28-11-9-16(10-12-28)24(22(30)26-23(31)27-24)14-15-5-3-4-6-19(15)25/h3-8,13,16H,9-12,14H2,1-2H3,(H2,26,27,30,31)/t24-/m1/s1. The zero-order valence-corrected chi connectivity index (χ0v) is 19.3. The second kappa shape index (κ2) is 9.31. The van der Waals surface area contributed by atoms with Crippen LogP contribution in [-0.2, 0) is 11.2 Å². The molecule has 2 aromatic rings. The number of benzene rings is 2. The zero-order chi connectivity index (χ0) is 23.6. The maximum atomic E-state index is 13.2. The highest BCUT2D eigenvalue weighted by molar-refractivity contribution is 6.31. The van der Waals surface area contributed by atoms with Gasteiger partial charge in [0.15, 0.2) is 0 Å². The molecule has 0 bridgehead atoms. The zero-order valence-electron chi connectivity index (χ0n) is 18.5. The van der Waals surface area contributed by atoms with E-state index in [4.69, 9.17) is 21.1 Å². The quantitative estimate of drug-likeness (QED) is 0.631. The number of nitrogens with zero attached hydrogens (tertiary/aromatic N) is 1. The van der Waals surface area contributed by atoms with Crippen molar-refractivity contribution in [3.05, 3.63) is 58.6 Å². The predicted molar refractivity (Wildman–Crippen MR) is 123 cm³/mol. The molecule has 0 aromatic heterocycles. The number of ether oxygens (including phenoxy) is 2. The van der Waals surface area contributed by atoms with Gasteiger partial charge in [-0.2, -0.15) is 0 Å². The topological polar surface area (TPSA) is 97.0 Å². The fourth-order valence-corrected chi connectivity index (χ4v) is 4.93. The van der Waals surface area contributed by atoms with Crippen molar-refractivity contribution in [2.45, 2.75) is 24.8 Å². The molecule has 0 unspecified atom stereocenters. The maximum absolute atomic E-state index is 13.2. The van der Waals surface area contributed by atoms with E-state index >= 15 is 0 Å². The number of hydrogen-bond donors (Lipinski definition) is 2. The first-order valence-electron chi connectivity index (χ1n) is 10.8. The van der Waals surface area contributed by atoms with E-state index in [1.807, 2.05) is 18.2 Å². The highest BCUT2D eigenvalue weighted by Crippen LogP contribution is 2.36. The molecule has 33 heavy (non-hydrogen) atoms. The minimum atomic E-state index is -1.10. The second-order valence-corrected chi connectivity index (χ2v) is 8.69. The van der Waals surface area contributed by atoms with Crippen LogP contribution in [0.4, 0.5) is 4.79 Å². The van der Waals surface area contributed by atoms with Crippen LogP contribution >= 0.6 is 11.6 Å². The lowest BCUT2D eigenvalue weighted by Crippen LogP contribution is -2.58. The Balaban J connectivity index is 1.53. The van der Waals surface area contributed by atoms with Crippen LogP contribution in [0, 0.1) is 5.92 Å². The molecule has 9 heteroatoms. The monoisotopic (exact) mass is 471 g/mol. The van der Waals surface area contributed by atoms with Gasteiger partial charge in [-0.15, -0.1) is 0 Å². The van der Waals surface area contributed by atoms with E-state index in [0.717, 1.165) is 5.56 Å². The third-order valence-corrected chi connectivity index (χ3v) is 6.88. The van der Waals surface area contributed by atoms with Crippen LogP contribution in [0.15, 0.2) is 42.5 Å². The summed E-state index contributed by atoms with van der Waals surface area (Å²) in [6, 6.07) is 11.9. The van der Waals surface area contributed by atoms with Gasteiger partial charge in [-0.05, 0) is 42.5 Å². The highest BCUT2D eigenvalue weighted by atomic mass is 35.5. The van der Waals surface area contributed by atoms with E-state index < -0.39 is 11.6 Å². The van der Waals surface area contributed by atoms with Crippen LogP contribution in [0.5, 0.6) is 11.5 Å². The molecule has 0 radical (unpaired) electrons. The smallest absolute Gasteiger partial charge is 0.322 e. The van der Waals surface area contributed by atoms with E-state index in [0.29, 0.717) is 48.0 Å². The third kappa shape index (κ3) is 4.35. The Bertz CT molecular complexity index is 1080. The number of rotatable bonds is 6. The number of amides is 4. The van der Waals surface area contributed by atoms with Gasteiger partial charge in [-0.1, -0.05) is 29.8 Å². The van der Waals surface area contributed by atoms with E-state index in [2.05, 4.69) is 10.6 Å². The van der Waals surface area contributed by atoms with Crippen molar-refractivity contribution < 1.29 is 23.9 Å². The number of likely N-dealkylation sites (tertiary alicyclic amines) is 1. The fourth-order valence-electron chi connectivity index (χ4n) is 4.72. The molecule has 8 nitrogen and oxygen atoms in total. The molecule has 2 heterocycles. The number of hydrogen-bond acceptors (Lipinski definition) is 5. The van der Waals surface area contributed by atoms with Crippen molar-refractivity contribution in [2.24, 2.45) is 5.92 Å². The van der Waals surface area contributed by atoms with Crippen molar-refractivity contribution in [1.29, 1.82) is 0 Å². The van der Waals surface area contributed by atoms with Gasteiger partial charge in [-0.25, -0.2) is 4.79 Å². The number of urea groups is 1. The SMILES string of the molecule is COc1ccc(C(=O)N2CCC([C@@]3(Cc4ccccc4Cl)NC(=O)NC3=O)CC2)c(OC)c1. The summed E-state index contributed by atoms with van der Waals surface area (Å²) in [6.45, 7) is 0.901. The Hall–Kier alpha value is -3.26. The van der Waals surface area contributed by atoms with Gasteiger partial charge in [-0.3, -0.25) is 14.9 Å². The predicted octanol–water partition coefficient (Wildman–Crippen LogP) is 3.03. The Morgan fingerprint density at radius 2 is 1.85 bits per heavy atom. The minimum Gasteiger partial charge on any atom is -0.497 e. The summed E-state index contributed by atoms with van der Waals surface area (Å²) in [6.07, 6.45) is 1.40. The number of imide groups is 1. The Kier molecular flexibility index (Phi) is 6.47. The molecule has 0 aliphatic carbocycles. The molecule has 0 saturated carbocycles. The number of nitrogens with one attached hydrogen (secondary N) is 2. The normalized spacial score (nSPS) is 20.9. The molecule has 2 fully saturated rings. The summed E-state index contributed by atoms with van der Waals surface area (Å²) in [4.78, 5) is 40.0. The number of methoxy groups -OCH3 is 2. The fraction of sp³-hybridized carbons (Fsp3) is 0.375. The van der Waals surface area contributed by atoms with Crippen LogP contribution in [0.2, 0.25) is 5.02 Å². The van der Waals surface area contributed by atoms with Crippen LogP contribution < -0.4 is 20.1 Å². The Labute approximate surface area is 197 Å². The average molecular weight is 472 g/mol. The van der Waals surface area contributed by atoms with Gasteiger partial charge in [0, 0.05) is 30.6 Å². The summed E-state index contributed by atoms with van der Waals surface area (Å²) in [5.74, 6) is 0.398. The van der Waals surface area contributed by atoms with Gasteiger partial charge in [0.25, 0.3) is 11.8 Å². The summed E-state index contributed by atoms with van der Waals surface area (Å²) in [5.41, 5.74) is 0.141. The molecular weight excluding hydrogens is 446 g/mol. The number of halogens is 1. The van der Waals surface area contributed by atoms with E-state index in [9.17, 15) is 14.4 Å². The Morgan fingerprint density at radius 3 is 2.45 bits per heavy atom. The van der Waals surface area contributed by atoms with Crippen LogP contribution in [0.1, 0.15) is 28.8 Å². The third-order valence-electron chi connectivity index (χ3n) is 6.51. The lowest BCUT2D eigenvalue weighted by molar-refractivity contribution is -0.126. The molecule has 2 aromatic carbocycles. The van der Waals surface area contributed by atoms with Gasteiger partial charge >= 0.3 is 6.03 Å². The largest absolute Gasteiger partial charge is 0.497 e. The lowest BCUT2D eigenvalue weighted by Gasteiger charge is -2.41. The minimum absolute atomic E-state index is 0.145. The molecule has 2 saturated heterocycles. The maximum Gasteiger partial charge on any atom is 0.322 e. The average Bonchev–Trinajstić information content (AvgIpc) is 3.13. The molecule has 1 atom stereocenters. The number of carbonyl (C=O) groups excluding carboxylic acids is 3. The van der Waals surface area contributed by atoms with Gasteiger partial charge in [0.05, 0.1) is 19.8 Å². The first-order chi connectivity index (χ1) is 15.9. The van der Waals surface area contributed by atoms with E-state index in [1.54, 1.807) is 36.3 Å². The van der Waals surface area contributed by atoms with Crippen LogP contribution in [-0.4, -0.2) is 55.6 Å². The molecule has 2 aliphatic heterocycles. The molecule has 4 amide bonds.